The van der Waals surface area contributed by atoms with E-state index in [1.165, 1.54) is 10.9 Å². The van der Waals surface area contributed by atoms with E-state index < -0.39 is 0 Å². The maximum absolute atomic E-state index is 13.9. The van der Waals surface area contributed by atoms with Gasteiger partial charge in [0.15, 0.2) is 0 Å². The van der Waals surface area contributed by atoms with Gasteiger partial charge in [-0.05, 0) is 80.7 Å². The predicted molar refractivity (Wildman–Crippen MR) is 136 cm³/mol. The Labute approximate surface area is 207 Å². The van der Waals surface area contributed by atoms with Crippen molar-refractivity contribution < 1.29 is 14.0 Å². The molecule has 0 aliphatic carbocycles. The van der Waals surface area contributed by atoms with Crippen LogP contribution in [0.3, 0.4) is 0 Å². The Morgan fingerprint density at radius 1 is 0.943 bits per heavy atom. The highest BCUT2D eigenvalue weighted by atomic mass is 16.3. The van der Waals surface area contributed by atoms with E-state index in [0.29, 0.717) is 37.0 Å². The number of nitrogens with zero attached hydrogens (tertiary/aromatic N) is 2. The van der Waals surface area contributed by atoms with Crippen molar-refractivity contribution in [1.82, 2.24) is 9.80 Å². The molecule has 6 rings (SSSR count). The van der Waals surface area contributed by atoms with Crippen LogP contribution in [0.15, 0.2) is 65.3 Å². The first-order valence-electron chi connectivity index (χ1n) is 13.1. The number of piperidine rings is 2. The van der Waals surface area contributed by atoms with E-state index in [1.54, 1.807) is 6.26 Å². The molecule has 3 aliphatic heterocycles. The van der Waals surface area contributed by atoms with Crippen molar-refractivity contribution in [1.29, 1.82) is 0 Å². The van der Waals surface area contributed by atoms with Gasteiger partial charge >= 0.3 is 0 Å². The second kappa shape index (κ2) is 8.85. The number of hydrogen-bond acceptors (Lipinski definition) is 3. The van der Waals surface area contributed by atoms with Gasteiger partial charge in [0.2, 0.25) is 5.91 Å². The normalized spacial score (nSPS) is 25.7. The van der Waals surface area contributed by atoms with Crippen molar-refractivity contribution in [2.24, 2.45) is 11.3 Å². The number of fused-ring (bicyclic) bond motifs is 3. The van der Waals surface area contributed by atoms with Crippen molar-refractivity contribution in [3.8, 4) is 0 Å². The van der Waals surface area contributed by atoms with Crippen LogP contribution in [-0.4, -0.2) is 46.8 Å². The van der Waals surface area contributed by atoms with Crippen molar-refractivity contribution in [3.63, 3.8) is 0 Å². The number of hydrogen-bond donors (Lipinski definition) is 0. The SMILES string of the molecule is CC1(C(=O)N2[C@H]3CC[C@H]2CC(Cc2cccc4occc24)C3)CCN(C(=O)c2ccccc2)CC1. The molecule has 1 aromatic heterocycles. The van der Waals surface area contributed by atoms with E-state index >= 15 is 0 Å². The number of amides is 2. The molecule has 0 saturated carbocycles. The van der Waals surface area contributed by atoms with Gasteiger partial charge in [-0.25, -0.2) is 0 Å². The maximum Gasteiger partial charge on any atom is 0.253 e. The molecule has 2 bridgehead atoms. The summed E-state index contributed by atoms with van der Waals surface area (Å²) in [5, 5.41) is 1.22. The molecule has 35 heavy (non-hydrogen) atoms. The van der Waals surface area contributed by atoms with Gasteiger partial charge in [-0.15, -0.1) is 0 Å². The molecule has 3 saturated heterocycles. The van der Waals surface area contributed by atoms with Crippen LogP contribution in [0.4, 0.5) is 0 Å². The molecule has 2 aromatic carbocycles. The Hall–Kier alpha value is -3.08. The lowest BCUT2D eigenvalue weighted by Crippen LogP contribution is -2.55. The highest BCUT2D eigenvalue weighted by Gasteiger charge is 2.49. The first-order valence-corrected chi connectivity index (χ1v) is 13.1. The lowest BCUT2D eigenvalue weighted by molar-refractivity contribution is -0.149. The minimum absolute atomic E-state index is 0.0774. The fraction of sp³-hybridized carbons (Fsp3) is 0.467. The number of likely N-dealkylation sites (tertiary alicyclic amines) is 1. The molecule has 5 nitrogen and oxygen atoms in total. The minimum atomic E-state index is -0.371. The summed E-state index contributed by atoms with van der Waals surface area (Å²) in [6.07, 6.45) is 8.74. The van der Waals surface area contributed by atoms with Crippen LogP contribution in [0.1, 0.15) is 61.4 Å². The first kappa shape index (κ1) is 22.4. The summed E-state index contributed by atoms with van der Waals surface area (Å²) >= 11 is 0. The van der Waals surface area contributed by atoms with Gasteiger partial charge in [0.1, 0.15) is 5.58 Å². The predicted octanol–water partition coefficient (Wildman–Crippen LogP) is 5.69. The molecule has 2 atom stereocenters. The summed E-state index contributed by atoms with van der Waals surface area (Å²) in [6, 6.07) is 18.6. The third-order valence-corrected chi connectivity index (χ3v) is 8.85. The van der Waals surface area contributed by atoms with Gasteiger partial charge in [-0.2, -0.15) is 0 Å². The van der Waals surface area contributed by atoms with Crippen LogP contribution in [0.25, 0.3) is 11.0 Å². The summed E-state index contributed by atoms with van der Waals surface area (Å²) in [5.41, 5.74) is 2.68. The third kappa shape index (κ3) is 4.05. The van der Waals surface area contributed by atoms with E-state index in [4.69, 9.17) is 4.42 Å². The van der Waals surface area contributed by atoms with E-state index in [1.807, 2.05) is 41.3 Å². The van der Waals surface area contributed by atoms with Crippen molar-refractivity contribution in [2.75, 3.05) is 13.1 Å². The molecular weight excluding hydrogens is 436 g/mol. The lowest BCUT2D eigenvalue weighted by Gasteiger charge is -2.46. The average molecular weight is 471 g/mol. The molecule has 3 aliphatic rings. The molecule has 182 valence electrons. The molecule has 3 aromatic rings. The van der Waals surface area contributed by atoms with E-state index in [0.717, 1.165) is 56.1 Å². The Morgan fingerprint density at radius 3 is 2.37 bits per heavy atom. The van der Waals surface area contributed by atoms with E-state index in [2.05, 4.69) is 30.0 Å². The quantitative estimate of drug-likeness (QED) is 0.492. The molecule has 3 fully saturated rings. The largest absolute Gasteiger partial charge is 0.464 e. The second-order valence-electron chi connectivity index (χ2n) is 11.1. The van der Waals surface area contributed by atoms with Gasteiger partial charge < -0.3 is 14.2 Å². The molecule has 2 amide bonds. The van der Waals surface area contributed by atoms with Gasteiger partial charge in [0, 0.05) is 41.5 Å². The van der Waals surface area contributed by atoms with Crippen LogP contribution < -0.4 is 0 Å². The molecule has 0 unspecified atom stereocenters. The number of furan rings is 1. The smallest absolute Gasteiger partial charge is 0.253 e. The van der Waals surface area contributed by atoms with Crippen molar-refractivity contribution in [3.05, 3.63) is 72.0 Å². The topological polar surface area (TPSA) is 53.8 Å². The highest BCUT2D eigenvalue weighted by Crippen LogP contribution is 2.44. The van der Waals surface area contributed by atoms with Gasteiger partial charge in [-0.3, -0.25) is 9.59 Å². The summed E-state index contributed by atoms with van der Waals surface area (Å²) < 4.78 is 5.60. The van der Waals surface area contributed by atoms with Gasteiger partial charge in [-0.1, -0.05) is 37.3 Å². The van der Waals surface area contributed by atoms with Crippen LogP contribution in [0.2, 0.25) is 0 Å². The zero-order valence-electron chi connectivity index (χ0n) is 20.5. The zero-order valence-corrected chi connectivity index (χ0v) is 20.5. The Balaban J connectivity index is 1.10. The van der Waals surface area contributed by atoms with Crippen molar-refractivity contribution in [2.45, 2.75) is 64.0 Å². The molecule has 0 radical (unpaired) electrons. The average Bonchev–Trinajstić information content (AvgIpc) is 3.47. The molecular formula is C30H34N2O3. The van der Waals surface area contributed by atoms with Crippen LogP contribution in [0, 0.1) is 11.3 Å². The lowest BCUT2D eigenvalue weighted by atomic mass is 9.77. The second-order valence-corrected chi connectivity index (χ2v) is 11.1. The fourth-order valence-electron chi connectivity index (χ4n) is 6.83. The van der Waals surface area contributed by atoms with E-state index in [9.17, 15) is 9.59 Å². The molecule has 0 N–H and O–H groups in total. The summed E-state index contributed by atoms with van der Waals surface area (Å²) in [4.78, 5) is 31.0. The Bertz CT molecular complexity index is 1210. The van der Waals surface area contributed by atoms with E-state index in [-0.39, 0.29) is 11.3 Å². The number of carbonyl (C=O) groups is 2. The van der Waals surface area contributed by atoms with Crippen LogP contribution >= 0.6 is 0 Å². The zero-order chi connectivity index (χ0) is 24.0. The Kier molecular flexibility index (Phi) is 5.66. The van der Waals surface area contributed by atoms with Crippen LogP contribution in [-0.2, 0) is 11.2 Å². The summed E-state index contributed by atoms with van der Waals surface area (Å²) in [7, 11) is 0. The van der Waals surface area contributed by atoms with Crippen LogP contribution in [0.5, 0.6) is 0 Å². The monoisotopic (exact) mass is 470 g/mol. The number of carbonyl (C=O) groups excluding carboxylic acids is 2. The molecule has 5 heteroatoms. The maximum atomic E-state index is 13.9. The van der Waals surface area contributed by atoms with Gasteiger partial charge in [0.25, 0.3) is 5.91 Å². The first-order chi connectivity index (χ1) is 17.0. The fourth-order valence-corrected chi connectivity index (χ4v) is 6.83. The molecule has 0 spiro atoms. The number of benzene rings is 2. The van der Waals surface area contributed by atoms with Crippen molar-refractivity contribution >= 4 is 22.8 Å². The third-order valence-electron chi connectivity index (χ3n) is 8.85. The summed E-state index contributed by atoms with van der Waals surface area (Å²) in [5.74, 6) is 1.01. The Morgan fingerprint density at radius 2 is 1.66 bits per heavy atom. The number of rotatable bonds is 4. The molecule has 4 heterocycles. The van der Waals surface area contributed by atoms with Gasteiger partial charge in [0.05, 0.1) is 6.26 Å². The highest BCUT2D eigenvalue weighted by molar-refractivity contribution is 5.94. The summed E-state index contributed by atoms with van der Waals surface area (Å²) in [6.45, 7) is 3.43. The standard InChI is InChI=1S/C30H34N2O3/c1-30(13-15-31(16-14-30)28(33)22-6-3-2-4-7-22)29(34)32-24-10-11-25(32)20-21(19-24)18-23-8-5-9-27-26(23)12-17-35-27/h2-9,12,17,21,24-25H,10-11,13-16,18-20H2,1H3/t24-,25-/m0/s1. The minimum Gasteiger partial charge on any atom is -0.464 e.